The van der Waals surface area contributed by atoms with Gasteiger partial charge in [-0.3, -0.25) is 0 Å². The Morgan fingerprint density at radius 2 is 2.05 bits per heavy atom. The van der Waals surface area contributed by atoms with Gasteiger partial charge in [0.25, 0.3) is 0 Å². The van der Waals surface area contributed by atoms with Crippen LogP contribution in [0.2, 0.25) is 5.02 Å². The zero-order valence-corrected chi connectivity index (χ0v) is 10.7. The van der Waals surface area contributed by atoms with Crippen LogP contribution >= 0.6 is 11.6 Å². The van der Waals surface area contributed by atoms with Crippen LogP contribution < -0.4 is 5.73 Å². The number of halogens is 4. The van der Waals surface area contributed by atoms with E-state index in [4.69, 9.17) is 17.3 Å². The largest absolute Gasteiger partial charge is 0.416 e. The van der Waals surface area contributed by atoms with Crippen molar-refractivity contribution in [3.8, 4) is 0 Å². The molecule has 2 aromatic rings. The number of aromatic nitrogens is 2. The first-order chi connectivity index (χ1) is 8.80. The lowest BCUT2D eigenvalue weighted by molar-refractivity contribution is -0.137. The van der Waals surface area contributed by atoms with E-state index in [1.807, 2.05) is 0 Å². The summed E-state index contributed by atoms with van der Waals surface area (Å²) < 4.78 is 39.3. The van der Waals surface area contributed by atoms with Gasteiger partial charge in [0, 0.05) is 0 Å². The van der Waals surface area contributed by atoms with Crippen LogP contribution in [0.3, 0.4) is 0 Å². The lowest BCUT2D eigenvalue weighted by Gasteiger charge is -2.16. The molecule has 2 rings (SSSR count). The van der Waals surface area contributed by atoms with Gasteiger partial charge in [-0.15, -0.1) is 0 Å². The van der Waals surface area contributed by atoms with Crippen LogP contribution in [0.4, 0.5) is 19.0 Å². The first-order valence-electron chi connectivity index (χ1n) is 5.46. The summed E-state index contributed by atoms with van der Waals surface area (Å²) in [6.07, 6.45) is -3.01. The van der Waals surface area contributed by atoms with Crippen molar-refractivity contribution in [2.45, 2.75) is 19.1 Å². The van der Waals surface area contributed by atoms with Gasteiger partial charge in [-0.2, -0.15) is 18.3 Å². The molecule has 3 nitrogen and oxygen atoms in total. The van der Waals surface area contributed by atoms with Crippen molar-refractivity contribution in [2.24, 2.45) is 0 Å². The van der Waals surface area contributed by atoms with E-state index in [2.05, 4.69) is 5.10 Å². The molecular weight excluding hydrogens is 279 g/mol. The molecule has 19 heavy (non-hydrogen) atoms. The smallest absolute Gasteiger partial charge is 0.383 e. The van der Waals surface area contributed by atoms with Gasteiger partial charge < -0.3 is 5.73 Å². The van der Waals surface area contributed by atoms with Crippen molar-refractivity contribution >= 4 is 17.4 Å². The molecule has 0 aliphatic carbocycles. The summed E-state index contributed by atoms with van der Waals surface area (Å²) in [7, 11) is 0. The monoisotopic (exact) mass is 289 g/mol. The van der Waals surface area contributed by atoms with Crippen molar-refractivity contribution in [3.63, 3.8) is 0 Å². The Morgan fingerprint density at radius 1 is 1.37 bits per heavy atom. The SMILES string of the molecule is CC(c1cccc(C(F)(F)F)c1)n1ncc(Cl)c1N. The number of benzene rings is 1. The van der Waals surface area contributed by atoms with E-state index in [9.17, 15) is 13.2 Å². The molecule has 1 atom stereocenters. The van der Waals surface area contributed by atoms with Gasteiger partial charge in [0.2, 0.25) is 0 Å². The number of nitrogen functional groups attached to an aromatic ring is 1. The molecule has 0 fully saturated rings. The summed E-state index contributed by atoms with van der Waals surface area (Å²) in [5, 5.41) is 4.24. The third-order valence-corrected chi connectivity index (χ3v) is 3.14. The van der Waals surface area contributed by atoms with Gasteiger partial charge in [0.05, 0.1) is 17.8 Å². The molecule has 1 unspecified atom stereocenters. The van der Waals surface area contributed by atoms with Gasteiger partial charge in [-0.05, 0) is 24.6 Å². The molecule has 7 heteroatoms. The number of alkyl halides is 3. The molecule has 0 aliphatic rings. The molecule has 0 saturated carbocycles. The highest BCUT2D eigenvalue weighted by Gasteiger charge is 2.31. The number of nitrogens with zero attached hydrogens (tertiary/aromatic N) is 2. The summed E-state index contributed by atoms with van der Waals surface area (Å²) in [6, 6.07) is 4.62. The van der Waals surface area contributed by atoms with Crippen LogP contribution in [0.15, 0.2) is 30.5 Å². The fourth-order valence-electron chi connectivity index (χ4n) is 1.78. The number of hydrogen-bond donors (Lipinski definition) is 1. The average molecular weight is 290 g/mol. The van der Waals surface area contributed by atoms with Crippen molar-refractivity contribution in [1.82, 2.24) is 9.78 Å². The molecule has 1 aromatic carbocycles. The van der Waals surface area contributed by atoms with E-state index in [0.29, 0.717) is 5.56 Å². The Labute approximate surface area is 112 Å². The third-order valence-electron chi connectivity index (χ3n) is 2.85. The fraction of sp³-hybridized carbons (Fsp3) is 0.250. The quantitative estimate of drug-likeness (QED) is 0.915. The maximum atomic E-state index is 12.6. The number of anilines is 1. The lowest BCUT2D eigenvalue weighted by atomic mass is 10.1. The molecule has 2 N–H and O–H groups in total. The molecule has 0 radical (unpaired) electrons. The van der Waals surface area contributed by atoms with Gasteiger partial charge in [0.1, 0.15) is 10.8 Å². The Hall–Kier alpha value is -1.69. The summed E-state index contributed by atoms with van der Waals surface area (Å²) in [5.41, 5.74) is 5.47. The minimum atomic E-state index is -4.37. The zero-order chi connectivity index (χ0) is 14.2. The average Bonchev–Trinajstić information content (AvgIpc) is 2.68. The van der Waals surface area contributed by atoms with Crippen LogP contribution in [0.25, 0.3) is 0 Å². The molecule has 0 bridgehead atoms. The van der Waals surface area contributed by atoms with E-state index in [1.165, 1.54) is 16.9 Å². The summed E-state index contributed by atoms with van der Waals surface area (Å²) in [6.45, 7) is 1.70. The number of rotatable bonds is 2. The molecule has 0 aliphatic heterocycles. The highest BCUT2D eigenvalue weighted by Crippen LogP contribution is 2.32. The zero-order valence-electron chi connectivity index (χ0n) is 9.95. The van der Waals surface area contributed by atoms with Crippen LogP contribution in [-0.4, -0.2) is 9.78 Å². The summed E-state index contributed by atoms with van der Waals surface area (Å²) >= 11 is 5.78. The molecule has 1 heterocycles. The van der Waals surface area contributed by atoms with Gasteiger partial charge in [-0.1, -0.05) is 23.7 Å². The van der Waals surface area contributed by atoms with Crippen LogP contribution in [0.1, 0.15) is 24.1 Å². The first-order valence-corrected chi connectivity index (χ1v) is 5.84. The van der Waals surface area contributed by atoms with E-state index in [0.717, 1.165) is 12.1 Å². The second-order valence-electron chi connectivity index (χ2n) is 4.12. The summed E-state index contributed by atoms with van der Waals surface area (Å²) in [4.78, 5) is 0. The lowest BCUT2D eigenvalue weighted by Crippen LogP contribution is -2.13. The molecule has 1 aromatic heterocycles. The van der Waals surface area contributed by atoms with Gasteiger partial charge in [0.15, 0.2) is 0 Å². The van der Waals surface area contributed by atoms with E-state index in [-0.39, 0.29) is 10.8 Å². The Bertz CT molecular complexity index is 592. The molecular formula is C12H11ClF3N3. The minimum Gasteiger partial charge on any atom is -0.383 e. The fourth-order valence-corrected chi connectivity index (χ4v) is 1.91. The maximum Gasteiger partial charge on any atom is 0.416 e. The predicted octanol–water partition coefficient (Wildman–Crippen LogP) is 3.75. The topological polar surface area (TPSA) is 43.8 Å². The van der Waals surface area contributed by atoms with Crippen molar-refractivity contribution in [3.05, 3.63) is 46.6 Å². The third kappa shape index (κ3) is 2.68. The molecule has 102 valence electrons. The van der Waals surface area contributed by atoms with Crippen molar-refractivity contribution < 1.29 is 13.2 Å². The minimum absolute atomic E-state index is 0.228. The normalized spacial score (nSPS) is 13.5. The van der Waals surface area contributed by atoms with E-state index >= 15 is 0 Å². The Morgan fingerprint density at radius 3 is 2.58 bits per heavy atom. The van der Waals surface area contributed by atoms with Crippen LogP contribution in [0.5, 0.6) is 0 Å². The van der Waals surface area contributed by atoms with Crippen LogP contribution in [0, 0.1) is 0 Å². The second kappa shape index (κ2) is 4.77. The molecule has 0 spiro atoms. The van der Waals surface area contributed by atoms with Crippen LogP contribution in [-0.2, 0) is 6.18 Å². The van der Waals surface area contributed by atoms with Crippen molar-refractivity contribution in [1.29, 1.82) is 0 Å². The van der Waals surface area contributed by atoms with Gasteiger partial charge >= 0.3 is 6.18 Å². The Balaban J connectivity index is 2.40. The highest BCUT2D eigenvalue weighted by molar-refractivity contribution is 6.32. The second-order valence-corrected chi connectivity index (χ2v) is 4.53. The van der Waals surface area contributed by atoms with Gasteiger partial charge in [-0.25, -0.2) is 4.68 Å². The Kier molecular flexibility index (Phi) is 3.45. The first kappa shape index (κ1) is 13.7. The predicted molar refractivity (Wildman–Crippen MR) is 66.9 cm³/mol. The molecule has 0 saturated heterocycles. The van der Waals surface area contributed by atoms with E-state index < -0.39 is 17.8 Å². The van der Waals surface area contributed by atoms with Crippen molar-refractivity contribution in [2.75, 3.05) is 5.73 Å². The number of hydrogen-bond acceptors (Lipinski definition) is 2. The number of nitrogens with two attached hydrogens (primary N) is 1. The summed E-state index contributed by atoms with van der Waals surface area (Å²) in [5.74, 6) is 0.228. The highest BCUT2D eigenvalue weighted by atomic mass is 35.5. The molecule has 0 amide bonds. The van der Waals surface area contributed by atoms with E-state index in [1.54, 1.807) is 13.0 Å². The standard InChI is InChI=1S/C12H11ClF3N3/c1-7(19-11(17)10(13)6-18-19)8-3-2-4-9(5-8)12(14,15)16/h2-7H,17H2,1H3. The maximum absolute atomic E-state index is 12.6.